The van der Waals surface area contributed by atoms with Crippen molar-refractivity contribution in [2.24, 2.45) is 11.8 Å². The van der Waals surface area contributed by atoms with Crippen LogP contribution in [0.5, 0.6) is 0 Å². The smallest absolute Gasteiger partial charge is 0.303 e. The number of hydrogen-bond acceptors (Lipinski definition) is 2. The van der Waals surface area contributed by atoms with Crippen molar-refractivity contribution in [3.63, 3.8) is 0 Å². The molecule has 3 rings (SSSR count). The fourth-order valence-corrected chi connectivity index (χ4v) is 8.60. The van der Waals surface area contributed by atoms with Crippen LogP contribution in [0.4, 0.5) is 0 Å². The average molecular weight is 369 g/mol. The summed E-state index contributed by atoms with van der Waals surface area (Å²) in [5, 5.41) is 11.5. The number of carbonyl (C=O) groups is 1. The van der Waals surface area contributed by atoms with Gasteiger partial charge in [0.25, 0.3) is 8.32 Å². The second-order valence-corrected chi connectivity index (χ2v) is 12.6. The van der Waals surface area contributed by atoms with E-state index in [0.717, 1.165) is 6.42 Å². The highest BCUT2D eigenvalue weighted by Gasteiger charge is 2.51. The second kappa shape index (κ2) is 7.37. The monoisotopic (exact) mass is 368 g/mol. The van der Waals surface area contributed by atoms with Crippen molar-refractivity contribution in [3.8, 4) is 0 Å². The molecule has 0 unspecified atom stereocenters. The normalized spacial score (nSPS) is 20.0. The summed E-state index contributed by atoms with van der Waals surface area (Å²) in [4.78, 5) is 11.0. The summed E-state index contributed by atoms with van der Waals surface area (Å²) >= 11 is 0. The lowest BCUT2D eigenvalue weighted by Gasteiger charge is -2.43. The van der Waals surface area contributed by atoms with Crippen LogP contribution in [-0.4, -0.2) is 26.0 Å². The van der Waals surface area contributed by atoms with Gasteiger partial charge in [-0.05, 0) is 33.7 Å². The Morgan fingerprint density at radius 1 is 1.00 bits per heavy atom. The average Bonchev–Trinajstić information content (AvgIpc) is 3.33. The lowest BCUT2D eigenvalue weighted by atomic mass is 10.2. The first kappa shape index (κ1) is 18.9. The Hall–Kier alpha value is -1.91. The number of carboxylic acids is 1. The Morgan fingerprint density at radius 3 is 1.92 bits per heavy atom. The molecule has 1 aliphatic rings. The van der Waals surface area contributed by atoms with E-state index in [4.69, 9.17) is 9.53 Å². The van der Waals surface area contributed by atoms with Crippen molar-refractivity contribution in [1.82, 2.24) is 0 Å². The zero-order chi connectivity index (χ0) is 18.8. The van der Waals surface area contributed by atoms with Gasteiger partial charge in [-0.1, -0.05) is 81.4 Å². The third kappa shape index (κ3) is 3.76. The van der Waals surface area contributed by atoms with Crippen LogP contribution in [0.1, 0.15) is 33.6 Å². The van der Waals surface area contributed by atoms with Crippen molar-refractivity contribution in [2.75, 3.05) is 6.61 Å². The summed E-state index contributed by atoms with van der Waals surface area (Å²) < 4.78 is 6.85. The van der Waals surface area contributed by atoms with E-state index in [9.17, 15) is 4.79 Å². The van der Waals surface area contributed by atoms with Crippen molar-refractivity contribution in [1.29, 1.82) is 0 Å². The number of rotatable bonds is 7. The molecular formula is C22H28O3Si. The molecule has 1 aliphatic carbocycles. The molecule has 0 saturated heterocycles. The topological polar surface area (TPSA) is 46.5 Å². The molecule has 1 saturated carbocycles. The van der Waals surface area contributed by atoms with Crippen molar-refractivity contribution in [2.45, 2.75) is 38.7 Å². The lowest BCUT2D eigenvalue weighted by Crippen LogP contribution is -2.66. The van der Waals surface area contributed by atoms with Gasteiger partial charge < -0.3 is 9.53 Å². The quantitative estimate of drug-likeness (QED) is 0.759. The van der Waals surface area contributed by atoms with Crippen molar-refractivity contribution in [3.05, 3.63) is 60.7 Å². The van der Waals surface area contributed by atoms with E-state index in [0.29, 0.717) is 12.5 Å². The van der Waals surface area contributed by atoms with Gasteiger partial charge in [-0.2, -0.15) is 0 Å². The molecule has 0 aliphatic heterocycles. The van der Waals surface area contributed by atoms with E-state index < -0.39 is 14.3 Å². The van der Waals surface area contributed by atoms with Gasteiger partial charge in [-0.15, -0.1) is 0 Å². The fourth-order valence-electron chi connectivity index (χ4n) is 3.98. The number of aliphatic carboxylic acids is 1. The molecule has 2 aromatic carbocycles. The van der Waals surface area contributed by atoms with Crippen molar-refractivity contribution >= 4 is 24.7 Å². The molecule has 26 heavy (non-hydrogen) atoms. The Balaban J connectivity index is 1.95. The fraction of sp³-hybridized carbons (Fsp3) is 0.409. The molecule has 2 aromatic rings. The molecule has 0 heterocycles. The summed E-state index contributed by atoms with van der Waals surface area (Å²) in [7, 11) is -2.49. The largest absolute Gasteiger partial charge is 0.481 e. The van der Waals surface area contributed by atoms with E-state index in [2.05, 4.69) is 69.3 Å². The molecule has 0 aromatic heterocycles. The first-order valence-corrected chi connectivity index (χ1v) is 11.2. The van der Waals surface area contributed by atoms with E-state index in [-0.39, 0.29) is 17.4 Å². The molecule has 1 N–H and O–H groups in total. The zero-order valence-corrected chi connectivity index (χ0v) is 16.8. The van der Waals surface area contributed by atoms with E-state index in [1.807, 2.05) is 12.1 Å². The minimum Gasteiger partial charge on any atom is -0.481 e. The summed E-state index contributed by atoms with van der Waals surface area (Å²) in [5.41, 5.74) is 0. The zero-order valence-electron chi connectivity index (χ0n) is 15.8. The van der Waals surface area contributed by atoms with Crippen LogP contribution < -0.4 is 10.4 Å². The van der Waals surface area contributed by atoms with E-state index in [1.165, 1.54) is 10.4 Å². The highest BCUT2D eigenvalue weighted by molar-refractivity contribution is 6.99. The highest BCUT2D eigenvalue weighted by atomic mass is 28.4. The maximum absolute atomic E-state index is 11.0. The first-order valence-electron chi connectivity index (χ1n) is 9.31. The van der Waals surface area contributed by atoms with Crippen LogP contribution in [0.25, 0.3) is 0 Å². The Bertz CT molecular complexity index is 697. The Labute approximate surface area is 157 Å². The lowest BCUT2D eigenvalue weighted by molar-refractivity contribution is -0.137. The summed E-state index contributed by atoms with van der Waals surface area (Å²) in [5.74, 6) is -0.0681. The van der Waals surface area contributed by atoms with Crippen LogP contribution in [0.2, 0.25) is 5.04 Å². The van der Waals surface area contributed by atoms with E-state index >= 15 is 0 Å². The highest BCUT2D eigenvalue weighted by Crippen LogP contribution is 2.44. The maximum atomic E-state index is 11.0. The van der Waals surface area contributed by atoms with Crippen LogP contribution >= 0.6 is 0 Å². The standard InChI is InChI=1S/C22H28O3Si/c1-22(2,3)26(19-10-6-4-7-11-19,20-12-8-5-9-13-20)25-16-18-14-17(18)15-21(23)24/h4-13,17-18H,14-16H2,1-3H3,(H,23,24)/t17-,18+/m0/s1. The number of benzene rings is 2. The van der Waals surface area contributed by atoms with Gasteiger partial charge >= 0.3 is 5.97 Å². The molecule has 0 amide bonds. The molecule has 2 atom stereocenters. The van der Waals surface area contributed by atoms with Crippen LogP contribution in [0.15, 0.2) is 60.7 Å². The molecule has 0 spiro atoms. The Morgan fingerprint density at radius 2 is 1.50 bits per heavy atom. The number of carboxylic acid groups (broad SMARTS) is 1. The van der Waals surface area contributed by atoms with Gasteiger partial charge in [0, 0.05) is 13.0 Å². The van der Waals surface area contributed by atoms with Gasteiger partial charge in [0.1, 0.15) is 0 Å². The molecular weight excluding hydrogens is 340 g/mol. The van der Waals surface area contributed by atoms with Crippen LogP contribution in [0.3, 0.4) is 0 Å². The summed E-state index contributed by atoms with van der Waals surface area (Å²) in [6.45, 7) is 7.44. The number of hydrogen-bond donors (Lipinski definition) is 1. The van der Waals surface area contributed by atoms with E-state index in [1.54, 1.807) is 0 Å². The maximum Gasteiger partial charge on any atom is 0.303 e. The van der Waals surface area contributed by atoms with Gasteiger partial charge in [0.2, 0.25) is 0 Å². The molecule has 4 heteroatoms. The van der Waals surface area contributed by atoms with Gasteiger partial charge in [-0.3, -0.25) is 4.79 Å². The minimum absolute atomic E-state index is 0.0348. The summed E-state index contributed by atoms with van der Waals surface area (Å²) in [6, 6.07) is 21.2. The molecule has 0 bridgehead atoms. The first-order chi connectivity index (χ1) is 12.3. The summed E-state index contributed by atoms with van der Waals surface area (Å²) in [6.07, 6.45) is 1.22. The molecule has 0 radical (unpaired) electrons. The minimum atomic E-state index is -2.49. The predicted molar refractivity (Wildman–Crippen MR) is 107 cm³/mol. The van der Waals surface area contributed by atoms with Crippen molar-refractivity contribution < 1.29 is 14.3 Å². The van der Waals surface area contributed by atoms with Gasteiger partial charge in [0.15, 0.2) is 0 Å². The van der Waals surface area contributed by atoms with Gasteiger partial charge in [0.05, 0.1) is 0 Å². The van der Waals surface area contributed by atoms with Crippen LogP contribution in [0, 0.1) is 11.8 Å². The predicted octanol–water partition coefficient (Wildman–Crippen LogP) is 3.67. The molecule has 1 fully saturated rings. The van der Waals surface area contributed by atoms with Crippen LogP contribution in [-0.2, 0) is 9.22 Å². The van der Waals surface area contributed by atoms with Gasteiger partial charge in [-0.25, -0.2) is 0 Å². The SMILES string of the molecule is CC(C)(C)[Si](OC[C@H]1C[C@H]1CC(=O)O)(c1ccccc1)c1ccccc1. The molecule has 3 nitrogen and oxygen atoms in total. The Kier molecular flexibility index (Phi) is 5.35. The molecule has 138 valence electrons. The second-order valence-electron chi connectivity index (χ2n) is 8.33. The third-order valence-electron chi connectivity index (χ3n) is 5.44. The third-order valence-corrected chi connectivity index (χ3v) is 10.4.